The number of carbonyl (C=O) groups is 1. The van der Waals surface area contributed by atoms with E-state index < -0.39 is 22.5 Å². The maximum atomic E-state index is 13.5. The highest BCUT2D eigenvalue weighted by Gasteiger charge is 2.29. The number of nitrogens with one attached hydrogen (secondary N) is 1. The normalized spacial score (nSPS) is 11.2. The molecule has 0 saturated heterocycles. The molecule has 0 heterocycles. The van der Waals surface area contributed by atoms with Crippen LogP contribution in [0.4, 0.5) is 10.1 Å². The number of amides is 1. The van der Waals surface area contributed by atoms with E-state index in [1.54, 1.807) is 55.1 Å². The fraction of sp³-hybridized carbons (Fsp3) is 0.269. The fourth-order valence-corrected chi connectivity index (χ4v) is 5.81. The summed E-state index contributed by atoms with van der Waals surface area (Å²) in [5.41, 5.74) is 1.31. The highest BCUT2D eigenvalue weighted by atomic mass is 35.5. The van der Waals surface area contributed by atoms with E-state index in [1.165, 1.54) is 36.4 Å². The van der Waals surface area contributed by atoms with Crippen LogP contribution in [0.3, 0.4) is 0 Å². The average Bonchev–Trinajstić information content (AvgIpc) is 2.86. The number of rotatable bonds is 13. The van der Waals surface area contributed by atoms with Crippen molar-refractivity contribution in [2.75, 3.05) is 29.8 Å². The van der Waals surface area contributed by atoms with Crippen LogP contribution in [0.1, 0.15) is 18.9 Å². The van der Waals surface area contributed by atoms with Gasteiger partial charge in [-0.15, -0.1) is 0 Å². The molecule has 36 heavy (non-hydrogen) atoms. The molecule has 10 heteroatoms. The summed E-state index contributed by atoms with van der Waals surface area (Å²) in [6.07, 6.45) is 0.705. The molecule has 1 N–H and O–H groups in total. The molecule has 6 nitrogen and oxygen atoms in total. The molecule has 0 radical (unpaired) electrons. The lowest BCUT2D eigenvalue weighted by Gasteiger charge is -2.26. The van der Waals surface area contributed by atoms with Crippen LogP contribution in [-0.4, -0.2) is 39.8 Å². The molecular formula is C26H28ClFN2O4S2. The zero-order valence-corrected chi connectivity index (χ0v) is 22.2. The number of sulfonamides is 1. The summed E-state index contributed by atoms with van der Waals surface area (Å²) in [7, 11) is -4.08. The van der Waals surface area contributed by atoms with Gasteiger partial charge >= 0.3 is 0 Å². The van der Waals surface area contributed by atoms with Crippen molar-refractivity contribution in [2.45, 2.75) is 24.0 Å². The van der Waals surface area contributed by atoms with E-state index in [2.05, 4.69) is 5.32 Å². The first-order valence-corrected chi connectivity index (χ1v) is 14.4. The van der Waals surface area contributed by atoms with Crippen LogP contribution >= 0.6 is 23.4 Å². The van der Waals surface area contributed by atoms with Crippen LogP contribution in [0, 0.1) is 5.82 Å². The molecule has 0 spiro atoms. The maximum Gasteiger partial charge on any atom is 0.264 e. The van der Waals surface area contributed by atoms with Crippen LogP contribution < -0.4 is 14.4 Å². The molecule has 0 aliphatic rings. The van der Waals surface area contributed by atoms with Gasteiger partial charge in [0, 0.05) is 17.3 Å². The number of halogens is 2. The Morgan fingerprint density at radius 1 is 1.06 bits per heavy atom. The lowest BCUT2D eigenvalue weighted by Crippen LogP contribution is -2.41. The Morgan fingerprint density at radius 2 is 1.75 bits per heavy atom. The van der Waals surface area contributed by atoms with Gasteiger partial charge in [-0.2, -0.15) is 11.8 Å². The van der Waals surface area contributed by atoms with Gasteiger partial charge in [0.2, 0.25) is 5.91 Å². The Kier molecular flexibility index (Phi) is 10.5. The van der Waals surface area contributed by atoms with Gasteiger partial charge in [-0.1, -0.05) is 35.9 Å². The van der Waals surface area contributed by atoms with Crippen LogP contribution in [0.2, 0.25) is 5.02 Å². The third-order valence-corrected chi connectivity index (χ3v) is 8.23. The van der Waals surface area contributed by atoms with E-state index in [0.717, 1.165) is 21.4 Å². The Labute approximate surface area is 220 Å². The van der Waals surface area contributed by atoms with Crippen molar-refractivity contribution in [1.82, 2.24) is 5.32 Å². The van der Waals surface area contributed by atoms with E-state index in [1.807, 2.05) is 0 Å². The minimum Gasteiger partial charge on any atom is -0.492 e. The van der Waals surface area contributed by atoms with E-state index in [-0.39, 0.29) is 16.4 Å². The van der Waals surface area contributed by atoms with Crippen molar-refractivity contribution in [2.24, 2.45) is 0 Å². The Bertz CT molecular complexity index is 1240. The summed E-state index contributed by atoms with van der Waals surface area (Å²) < 4.78 is 46.7. The number of thioether (sulfide) groups is 1. The van der Waals surface area contributed by atoms with Crippen LogP contribution in [0.5, 0.6) is 5.75 Å². The second kappa shape index (κ2) is 13.5. The summed E-state index contributed by atoms with van der Waals surface area (Å²) in [5, 5.41) is 3.21. The predicted molar refractivity (Wildman–Crippen MR) is 144 cm³/mol. The van der Waals surface area contributed by atoms with Crippen molar-refractivity contribution in [3.8, 4) is 5.75 Å². The van der Waals surface area contributed by atoms with Gasteiger partial charge in [-0.25, -0.2) is 12.8 Å². The first-order chi connectivity index (χ1) is 17.3. The number of anilines is 1. The highest BCUT2D eigenvalue weighted by Crippen LogP contribution is 2.32. The number of para-hydroxylation sites is 2. The molecule has 0 aliphatic heterocycles. The minimum atomic E-state index is -4.08. The fourth-order valence-electron chi connectivity index (χ4n) is 3.33. The van der Waals surface area contributed by atoms with Crippen molar-refractivity contribution in [1.29, 1.82) is 0 Å². The largest absolute Gasteiger partial charge is 0.492 e. The first kappa shape index (κ1) is 27.8. The molecule has 3 aromatic carbocycles. The third kappa shape index (κ3) is 7.88. The van der Waals surface area contributed by atoms with E-state index in [0.29, 0.717) is 30.3 Å². The number of nitrogens with zero attached hydrogens (tertiary/aromatic N) is 1. The Hall–Kier alpha value is -2.75. The van der Waals surface area contributed by atoms with Gasteiger partial charge in [0.15, 0.2) is 0 Å². The molecule has 0 aliphatic carbocycles. The quantitative estimate of drug-likeness (QED) is 0.284. The van der Waals surface area contributed by atoms with Crippen molar-refractivity contribution in [3.63, 3.8) is 0 Å². The van der Waals surface area contributed by atoms with Crippen molar-refractivity contribution >= 4 is 45.0 Å². The molecule has 192 valence electrons. The average molecular weight is 551 g/mol. The number of benzene rings is 3. The van der Waals surface area contributed by atoms with E-state index in [9.17, 15) is 17.6 Å². The second-order valence-electron chi connectivity index (χ2n) is 7.75. The zero-order valence-electron chi connectivity index (χ0n) is 19.8. The summed E-state index contributed by atoms with van der Waals surface area (Å²) in [5.74, 6) is 1.21. The monoisotopic (exact) mass is 550 g/mol. The smallest absolute Gasteiger partial charge is 0.264 e. The molecule has 0 fully saturated rings. The number of carbonyl (C=O) groups excluding carboxylic acids is 1. The van der Waals surface area contributed by atoms with Crippen LogP contribution in [0.25, 0.3) is 0 Å². The van der Waals surface area contributed by atoms with E-state index >= 15 is 0 Å². The Balaban J connectivity index is 1.64. The molecule has 0 aromatic heterocycles. The molecule has 0 atom stereocenters. The van der Waals surface area contributed by atoms with E-state index in [4.69, 9.17) is 16.3 Å². The van der Waals surface area contributed by atoms with Gasteiger partial charge in [-0.3, -0.25) is 9.10 Å². The molecule has 3 aromatic rings. The lowest BCUT2D eigenvalue weighted by molar-refractivity contribution is -0.119. The summed E-state index contributed by atoms with van der Waals surface area (Å²) in [6.45, 7) is 2.14. The molecule has 1 amide bonds. The zero-order chi connectivity index (χ0) is 26.0. The topological polar surface area (TPSA) is 75.7 Å². The molecule has 0 unspecified atom stereocenters. The SMILES string of the molecule is CCOc1ccccc1N(CC(=O)NCCCSCc1ccc(F)cc1)S(=O)(=O)c1ccc(Cl)cc1. The summed E-state index contributed by atoms with van der Waals surface area (Å²) in [6, 6.07) is 18.9. The molecule has 3 rings (SSSR count). The van der Waals surface area contributed by atoms with Crippen molar-refractivity contribution in [3.05, 3.63) is 89.2 Å². The summed E-state index contributed by atoms with van der Waals surface area (Å²) >= 11 is 7.61. The van der Waals surface area contributed by atoms with Gasteiger partial charge in [0.05, 0.1) is 17.2 Å². The molecule has 0 saturated carbocycles. The Morgan fingerprint density at radius 3 is 2.44 bits per heavy atom. The summed E-state index contributed by atoms with van der Waals surface area (Å²) in [4.78, 5) is 12.8. The number of hydrogen-bond acceptors (Lipinski definition) is 5. The van der Waals surface area contributed by atoms with Crippen molar-refractivity contribution < 1.29 is 22.3 Å². The van der Waals surface area contributed by atoms with Crippen LogP contribution in [0.15, 0.2) is 77.7 Å². The minimum absolute atomic E-state index is 0.0168. The van der Waals surface area contributed by atoms with Gasteiger partial charge < -0.3 is 10.1 Å². The van der Waals surface area contributed by atoms with Gasteiger partial charge in [-0.05, 0) is 73.2 Å². The molecular weight excluding hydrogens is 523 g/mol. The lowest BCUT2D eigenvalue weighted by atomic mass is 10.2. The number of hydrogen-bond donors (Lipinski definition) is 1. The maximum absolute atomic E-state index is 13.5. The predicted octanol–water partition coefficient (Wildman–Crippen LogP) is 5.51. The molecule has 0 bridgehead atoms. The third-order valence-electron chi connectivity index (χ3n) is 5.09. The van der Waals surface area contributed by atoms with Gasteiger partial charge in [0.1, 0.15) is 18.1 Å². The number of ether oxygens (including phenoxy) is 1. The second-order valence-corrected chi connectivity index (χ2v) is 11.2. The standard InChI is InChI=1S/C26H28ClFN2O4S2/c1-2-34-25-7-4-3-6-24(25)30(36(32,33)23-14-10-21(27)11-15-23)18-26(31)29-16-5-17-35-19-20-8-12-22(28)13-9-20/h3-4,6-15H,2,5,16-19H2,1H3,(H,29,31). The first-order valence-electron chi connectivity index (χ1n) is 11.4. The highest BCUT2D eigenvalue weighted by molar-refractivity contribution is 7.98. The van der Waals surface area contributed by atoms with Gasteiger partial charge in [0.25, 0.3) is 10.0 Å². The van der Waals surface area contributed by atoms with Crippen LogP contribution in [-0.2, 0) is 20.6 Å².